The maximum absolute atomic E-state index is 2.51. The Balaban J connectivity index is 2.27. The first kappa shape index (κ1) is 8.57. The van der Waals surface area contributed by atoms with Crippen molar-refractivity contribution in [1.29, 1.82) is 0 Å². The lowest BCUT2D eigenvalue weighted by molar-refractivity contribution is 0.487. The standard InChI is InChI=1S/C9H15I/c10-8-9-6-4-2-1-3-5-7-9/h1-2,9H,3-8H2/b2-1-. The molecule has 1 atom stereocenters. The average Bonchev–Trinajstić information content (AvgIpc) is 1.87. The van der Waals surface area contributed by atoms with Gasteiger partial charge in [0, 0.05) is 4.43 Å². The fourth-order valence-corrected chi connectivity index (χ4v) is 2.27. The molecule has 0 bridgehead atoms. The molecule has 0 aromatic carbocycles. The van der Waals surface area contributed by atoms with Gasteiger partial charge in [0.05, 0.1) is 0 Å². The molecule has 10 heavy (non-hydrogen) atoms. The van der Waals surface area contributed by atoms with Crippen LogP contribution in [0.3, 0.4) is 0 Å². The van der Waals surface area contributed by atoms with Gasteiger partial charge >= 0.3 is 0 Å². The highest BCUT2D eigenvalue weighted by Crippen LogP contribution is 2.20. The predicted molar refractivity (Wildman–Crippen MR) is 54.6 cm³/mol. The molecule has 0 aromatic rings. The first-order chi connectivity index (χ1) is 4.93. The second-order valence-electron chi connectivity index (χ2n) is 3.00. The number of halogens is 1. The quantitative estimate of drug-likeness (QED) is 0.379. The van der Waals surface area contributed by atoms with Gasteiger partial charge < -0.3 is 0 Å². The molecule has 1 heteroatoms. The molecular weight excluding hydrogens is 235 g/mol. The van der Waals surface area contributed by atoms with Crippen LogP contribution in [0.4, 0.5) is 0 Å². The molecule has 0 aliphatic heterocycles. The normalized spacial score (nSPS) is 30.7. The number of allylic oxidation sites excluding steroid dienone is 2. The third kappa shape index (κ3) is 3.04. The third-order valence-electron chi connectivity index (χ3n) is 2.11. The molecule has 0 amide bonds. The smallest absolute Gasteiger partial charge is 0.00238 e. The number of alkyl halides is 1. The van der Waals surface area contributed by atoms with E-state index in [2.05, 4.69) is 34.7 Å². The SMILES string of the molecule is ICC1CC/C=C\CCC1. The van der Waals surface area contributed by atoms with E-state index in [0.29, 0.717) is 0 Å². The van der Waals surface area contributed by atoms with Crippen LogP contribution in [0, 0.1) is 5.92 Å². The molecular formula is C9H15I. The second kappa shape index (κ2) is 5.16. The summed E-state index contributed by atoms with van der Waals surface area (Å²) < 4.78 is 1.35. The van der Waals surface area contributed by atoms with Crippen molar-refractivity contribution < 1.29 is 0 Å². The predicted octanol–water partition coefficient (Wildman–Crippen LogP) is 3.56. The van der Waals surface area contributed by atoms with Crippen molar-refractivity contribution in [3.8, 4) is 0 Å². The number of hydrogen-bond acceptors (Lipinski definition) is 0. The topological polar surface area (TPSA) is 0 Å². The Hall–Kier alpha value is 0.470. The maximum atomic E-state index is 2.51. The lowest BCUT2D eigenvalue weighted by Gasteiger charge is -2.13. The van der Waals surface area contributed by atoms with Gasteiger partial charge in [0.25, 0.3) is 0 Å². The Morgan fingerprint density at radius 3 is 2.80 bits per heavy atom. The van der Waals surface area contributed by atoms with Gasteiger partial charge in [-0.25, -0.2) is 0 Å². The van der Waals surface area contributed by atoms with Gasteiger partial charge in [-0.1, -0.05) is 34.7 Å². The molecule has 1 aliphatic rings. The molecule has 0 spiro atoms. The van der Waals surface area contributed by atoms with E-state index in [4.69, 9.17) is 0 Å². The fraction of sp³-hybridized carbons (Fsp3) is 0.778. The number of hydrogen-bond donors (Lipinski definition) is 0. The Kier molecular flexibility index (Phi) is 4.42. The highest BCUT2D eigenvalue weighted by Gasteiger charge is 2.06. The minimum Gasteiger partial charge on any atom is -0.0885 e. The molecule has 0 heterocycles. The molecule has 0 nitrogen and oxygen atoms in total. The van der Waals surface area contributed by atoms with E-state index in [-0.39, 0.29) is 0 Å². The van der Waals surface area contributed by atoms with Crippen molar-refractivity contribution in [2.24, 2.45) is 5.92 Å². The van der Waals surface area contributed by atoms with E-state index < -0.39 is 0 Å². The Morgan fingerprint density at radius 2 is 2.00 bits per heavy atom. The summed E-state index contributed by atoms with van der Waals surface area (Å²) in [5.74, 6) is 1.01. The average molecular weight is 250 g/mol. The maximum Gasteiger partial charge on any atom is 0.00238 e. The molecule has 1 aliphatic carbocycles. The van der Waals surface area contributed by atoms with Gasteiger partial charge in [-0.2, -0.15) is 0 Å². The zero-order valence-corrected chi connectivity index (χ0v) is 8.51. The molecule has 0 saturated heterocycles. The monoisotopic (exact) mass is 250 g/mol. The molecule has 0 saturated carbocycles. The summed E-state index contributed by atoms with van der Waals surface area (Å²) in [5.41, 5.74) is 0. The van der Waals surface area contributed by atoms with Crippen LogP contribution >= 0.6 is 22.6 Å². The summed E-state index contributed by atoms with van der Waals surface area (Å²) in [5, 5.41) is 0. The van der Waals surface area contributed by atoms with Crippen LogP contribution in [0.2, 0.25) is 0 Å². The summed E-state index contributed by atoms with van der Waals surface area (Å²) in [4.78, 5) is 0. The Morgan fingerprint density at radius 1 is 1.20 bits per heavy atom. The van der Waals surface area contributed by atoms with Crippen molar-refractivity contribution in [3.05, 3.63) is 12.2 Å². The zero-order chi connectivity index (χ0) is 7.23. The second-order valence-corrected chi connectivity index (χ2v) is 3.88. The van der Waals surface area contributed by atoms with Crippen molar-refractivity contribution >= 4 is 22.6 Å². The molecule has 1 unspecified atom stereocenters. The van der Waals surface area contributed by atoms with Gasteiger partial charge in [0.1, 0.15) is 0 Å². The molecule has 0 fully saturated rings. The Labute approximate surface area is 77.2 Å². The van der Waals surface area contributed by atoms with Crippen LogP contribution in [0.1, 0.15) is 32.1 Å². The van der Waals surface area contributed by atoms with Crippen molar-refractivity contribution in [1.82, 2.24) is 0 Å². The molecule has 0 aromatic heterocycles. The summed E-state index contributed by atoms with van der Waals surface area (Å²) >= 11 is 2.51. The van der Waals surface area contributed by atoms with Gasteiger partial charge in [0.15, 0.2) is 0 Å². The summed E-state index contributed by atoms with van der Waals surface area (Å²) in [7, 11) is 0. The van der Waals surface area contributed by atoms with Gasteiger partial charge in [-0.15, -0.1) is 0 Å². The van der Waals surface area contributed by atoms with E-state index in [1.54, 1.807) is 0 Å². The van der Waals surface area contributed by atoms with Crippen LogP contribution in [0.25, 0.3) is 0 Å². The van der Waals surface area contributed by atoms with E-state index in [1.807, 2.05) is 0 Å². The van der Waals surface area contributed by atoms with Gasteiger partial charge in [-0.05, 0) is 38.0 Å². The van der Waals surface area contributed by atoms with E-state index in [9.17, 15) is 0 Å². The van der Waals surface area contributed by atoms with Crippen molar-refractivity contribution in [3.63, 3.8) is 0 Å². The summed E-state index contributed by atoms with van der Waals surface area (Å²) in [6.07, 6.45) is 11.6. The zero-order valence-electron chi connectivity index (χ0n) is 6.35. The van der Waals surface area contributed by atoms with Crippen LogP contribution in [-0.4, -0.2) is 4.43 Å². The lowest BCUT2D eigenvalue weighted by Crippen LogP contribution is -2.02. The van der Waals surface area contributed by atoms with Crippen LogP contribution in [0.15, 0.2) is 12.2 Å². The molecule has 58 valence electrons. The van der Waals surface area contributed by atoms with Crippen LogP contribution < -0.4 is 0 Å². The van der Waals surface area contributed by atoms with Crippen LogP contribution in [0.5, 0.6) is 0 Å². The fourth-order valence-electron chi connectivity index (χ4n) is 1.39. The minimum atomic E-state index is 1.01. The van der Waals surface area contributed by atoms with E-state index in [0.717, 1.165) is 5.92 Å². The molecule has 1 rings (SSSR count). The summed E-state index contributed by atoms with van der Waals surface area (Å²) in [6, 6.07) is 0. The highest BCUT2D eigenvalue weighted by atomic mass is 127. The van der Waals surface area contributed by atoms with E-state index in [1.165, 1.54) is 36.5 Å². The number of rotatable bonds is 1. The minimum absolute atomic E-state index is 1.01. The third-order valence-corrected chi connectivity index (χ3v) is 3.36. The Bertz CT molecular complexity index is 107. The van der Waals surface area contributed by atoms with Crippen molar-refractivity contribution in [2.75, 3.05) is 4.43 Å². The first-order valence-corrected chi connectivity index (χ1v) is 5.67. The first-order valence-electron chi connectivity index (χ1n) is 4.14. The summed E-state index contributed by atoms with van der Waals surface area (Å²) in [6.45, 7) is 0. The van der Waals surface area contributed by atoms with Crippen LogP contribution in [-0.2, 0) is 0 Å². The highest BCUT2D eigenvalue weighted by molar-refractivity contribution is 14.1. The molecule has 0 N–H and O–H groups in total. The van der Waals surface area contributed by atoms with Crippen molar-refractivity contribution in [2.45, 2.75) is 32.1 Å². The van der Waals surface area contributed by atoms with Gasteiger partial charge in [0.2, 0.25) is 0 Å². The van der Waals surface area contributed by atoms with Gasteiger partial charge in [-0.3, -0.25) is 0 Å². The largest absolute Gasteiger partial charge is 0.0885 e. The van der Waals surface area contributed by atoms with E-state index >= 15 is 0 Å². The molecule has 0 radical (unpaired) electrons. The lowest BCUT2D eigenvalue weighted by atomic mass is 9.96.